The van der Waals surface area contributed by atoms with Crippen molar-refractivity contribution < 1.29 is 14.3 Å². The van der Waals surface area contributed by atoms with E-state index in [0.29, 0.717) is 41.8 Å². The third-order valence-electron chi connectivity index (χ3n) is 3.46. The minimum absolute atomic E-state index is 0.157. The molecule has 0 bridgehead atoms. The number of hydrogen-bond donors (Lipinski definition) is 1. The lowest BCUT2D eigenvalue weighted by molar-refractivity contribution is 0.0947. The molecule has 1 N–H and O–H groups in total. The van der Waals surface area contributed by atoms with Gasteiger partial charge >= 0.3 is 0 Å². The number of carbonyl (C=O) groups excluding carboxylic acids is 1. The normalized spacial score (nSPS) is 10.3. The number of amides is 1. The number of halogens is 1. The maximum Gasteiger partial charge on any atom is 0.251 e. The molecule has 134 valence electrons. The highest BCUT2D eigenvalue weighted by molar-refractivity contribution is 7.07. The summed E-state index contributed by atoms with van der Waals surface area (Å²) in [5.41, 5.74) is 3.22. The van der Waals surface area contributed by atoms with Crippen molar-refractivity contribution in [1.29, 1.82) is 0 Å². The van der Waals surface area contributed by atoms with Crippen LogP contribution in [0.5, 0.6) is 11.5 Å². The minimum atomic E-state index is -0.157. The first-order valence-electron chi connectivity index (χ1n) is 7.97. The van der Waals surface area contributed by atoms with E-state index in [0.717, 1.165) is 5.69 Å². The van der Waals surface area contributed by atoms with Crippen LogP contribution in [0.15, 0.2) is 59.4 Å². The van der Waals surface area contributed by atoms with E-state index in [-0.39, 0.29) is 5.91 Å². The van der Waals surface area contributed by atoms with Gasteiger partial charge in [0.2, 0.25) is 0 Å². The molecule has 1 amide bonds. The molecule has 0 saturated carbocycles. The second-order valence-electron chi connectivity index (χ2n) is 5.35. The lowest BCUT2D eigenvalue weighted by atomic mass is 10.2. The molecule has 1 aromatic heterocycles. The van der Waals surface area contributed by atoms with Gasteiger partial charge in [-0.2, -0.15) is 0 Å². The molecule has 0 unspecified atom stereocenters. The van der Waals surface area contributed by atoms with Crippen LogP contribution in [0.3, 0.4) is 0 Å². The Hall–Kier alpha value is -2.57. The number of aromatic nitrogens is 1. The van der Waals surface area contributed by atoms with Crippen molar-refractivity contribution in [2.45, 2.75) is 6.61 Å². The quantitative estimate of drug-likeness (QED) is 0.588. The Morgan fingerprint density at radius 1 is 1.04 bits per heavy atom. The van der Waals surface area contributed by atoms with Crippen molar-refractivity contribution >= 4 is 28.8 Å². The van der Waals surface area contributed by atoms with Crippen molar-refractivity contribution in [1.82, 2.24) is 10.3 Å². The van der Waals surface area contributed by atoms with Gasteiger partial charge in [0.05, 0.1) is 17.7 Å². The Morgan fingerprint density at radius 2 is 1.73 bits per heavy atom. The van der Waals surface area contributed by atoms with E-state index in [9.17, 15) is 4.79 Å². The van der Waals surface area contributed by atoms with Crippen LogP contribution >= 0.6 is 22.9 Å². The number of benzene rings is 2. The minimum Gasteiger partial charge on any atom is -0.492 e. The van der Waals surface area contributed by atoms with E-state index in [1.165, 1.54) is 11.3 Å². The van der Waals surface area contributed by atoms with E-state index >= 15 is 0 Å². The number of hydrogen-bond acceptors (Lipinski definition) is 5. The van der Waals surface area contributed by atoms with Crippen LogP contribution in [-0.4, -0.2) is 24.0 Å². The predicted octanol–water partition coefficient (Wildman–Crippen LogP) is 4.18. The number of thiazole rings is 1. The van der Waals surface area contributed by atoms with Crippen molar-refractivity contribution in [3.05, 3.63) is 75.7 Å². The Kier molecular flexibility index (Phi) is 6.46. The van der Waals surface area contributed by atoms with Gasteiger partial charge in [0.15, 0.2) is 0 Å². The standard InChI is InChI=1S/C19H17ClN2O3S/c20-15-3-7-17(8-4-15)24-10-9-21-19(23)14-1-5-18(6-2-14)25-11-16-12-26-13-22-16/h1-8,12-13H,9-11H2,(H,21,23). The van der Waals surface area contributed by atoms with Gasteiger partial charge in [-0.15, -0.1) is 11.3 Å². The SMILES string of the molecule is O=C(NCCOc1ccc(Cl)cc1)c1ccc(OCc2cscn2)cc1. The summed E-state index contributed by atoms with van der Waals surface area (Å²) in [5, 5.41) is 5.41. The van der Waals surface area contributed by atoms with Crippen LogP contribution in [0.4, 0.5) is 0 Å². The first-order valence-corrected chi connectivity index (χ1v) is 9.29. The fourth-order valence-corrected chi connectivity index (χ4v) is 2.80. The molecule has 0 atom stereocenters. The fourth-order valence-electron chi connectivity index (χ4n) is 2.13. The van der Waals surface area contributed by atoms with Crippen LogP contribution in [0.2, 0.25) is 5.02 Å². The summed E-state index contributed by atoms with van der Waals surface area (Å²) in [6, 6.07) is 14.1. The van der Waals surface area contributed by atoms with E-state index < -0.39 is 0 Å². The number of nitrogens with zero attached hydrogens (tertiary/aromatic N) is 1. The van der Waals surface area contributed by atoms with Gasteiger partial charge in [-0.1, -0.05) is 11.6 Å². The molecule has 3 rings (SSSR count). The molecule has 2 aromatic carbocycles. The zero-order valence-corrected chi connectivity index (χ0v) is 15.4. The van der Waals surface area contributed by atoms with Crippen molar-refractivity contribution in [3.63, 3.8) is 0 Å². The topological polar surface area (TPSA) is 60.5 Å². The number of nitrogens with one attached hydrogen (secondary N) is 1. The molecule has 3 aromatic rings. The third kappa shape index (κ3) is 5.47. The molecule has 26 heavy (non-hydrogen) atoms. The summed E-state index contributed by atoms with van der Waals surface area (Å²) in [4.78, 5) is 16.3. The summed E-state index contributed by atoms with van der Waals surface area (Å²) in [6.45, 7) is 1.20. The molecule has 0 aliphatic rings. The van der Waals surface area contributed by atoms with Gasteiger partial charge in [-0.05, 0) is 48.5 Å². The number of carbonyl (C=O) groups is 1. The second kappa shape index (κ2) is 9.22. The Balaban J connectivity index is 1.40. The van der Waals surface area contributed by atoms with E-state index in [2.05, 4.69) is 10.3 Å². The zero-order chi connectivity index (χ0) is 18.2. The largest absolute Gasteiger partial charge is 0.492 e. The predicted molar refractivity (Wildman–Crippen MR) is 102 cm³/mol. The summed E-state index contributed by atoms with van der Waals surface area (Å²) in [5.74, 6) is 1.25. The second-order valence-corrected chi connectivity index (χ2v) is 6.51. The summed E-state index contributed by atoms with van der Waals surface area (Å²) in [7, 11) is 0. The lowest BCUT2D eigenvalue weighted by Gasteiger charge is -2.09. The summed E-state index contributed by atoms with van der Waals surface area (Å²) >= 11 is 7.34. The highest BCUT2D eigenvalue weighted by Gasteiger charge is 2.06. The van der Waals surface area contributed by atoms with Crippen LogP contribution in [0, 0.1) is 0 Å². The zero-order valence-electron chi connectivity index (χ0n) is 13.9. The molecule has 5 nitrogen and oxygen atoms in total. The average molecular weight is 389 g/mol. The molecule has 0 aliphatic carbocycles. The Bertz CT molecular complexity index is 821. The fraction of sp³-hybridized carbons (Fsp3) is 0.158. The Morgan fingerprint density at radius 3 is 2.42 bits per heavy atom. The molecule has 7 heteroatoms. The van der Waals surface area contributed by atoms with Crippen molar-refractivity contribution in [2.24, 2.45) is 0 Å². The van der Waals surface area contributed by atoms with Crippen LogP contribution in [0.1, 0.15) is 16.1 Å². The monoisotopic (exact) mass is 388 g/mol. The molecule has 1 heterocycles. The molecule has 0 spiro atoms. The molecule has 0 saturated heterocycles. The molecule has 0 fully saturated rings. The molecular weight excluding hydrogens is 372 g/mol. The first kappa shape index (κ1) is 18.2. The molecular formula is C19H17ClN2O3S. The van der Waals surface area contributed by atoms with Gasteiger partial charge in [0, 0.05) is 16.0 Å². The summed E-state index contributed by atoms with van der Waals surface area (Å²) in [6.07, 6.45) is 0. The van der Waals surface area contributed by atoms with Gasteiger partial charge in [0.1, 0.15) is 24.7 Å². The van der Waals surface area contributed by atoms with Crippen molar-refractivity contribution in [3.8, 4) is 11.5 Å². The highest BCUT2D eigenvalue weighted by Crippen LogP contribution is 2.16. The van der Waals surface area contributed by atoms with Gasteiger partial charge in [-0.25, -0.2) is 4.98 Å². The molecule has 0 radical (unpaired) electrons. The first-order chi connectivity index (χ1) is 12.7. The van der Waals surface area contributed by atoms with E-state index in [4.69, 9.17) is 21.1 Å². The molecule has 0 aliphatic heterocycles. The smallest absolute Gasteiger partial charge is 0.251 e. The van der Waals surface area contributed by atoms with Crippen molar-refractivity contribution in [2.75, 3.05) is 13.2 Å². The van der Waals surface area contributed by atoms with E-state index in [1.54, 1.807) is 54.0 Å². The average Bonchev–Trinajstić information content (AvgIpc) is 3.19. The third-order valence-corrected chi connectivity index (χ3v) is 4.34. The number of rotatable bonds is 8. The van der Waals surface area contributed by atoms with Crippen LogP contribution in [0.25, 0.3) is 0 Å². The summed E-state index contributed by atoms with van der Waals surface area (Å²) < 4.78 is 11.2. The Labute approximate surface area is 160 Å². The lowest BCUT2D eigenvalue weighted by Crippen LogP contribution is -2.28. The maximum atomic E-state index is 12.1. The van der Waals surface area contributed by atoms with Gasteiger partial charge in [-0.3, -0.25) is 4.79 Å². The maximum absolute atomic E-state index is 12.1. The van der Waals surface area contributed by atoms with Crippen LogP contribution in [-0.2, 0) is 6.61 Å². The highest BCUT2D eigenvalue weighted by atomic mass is 35.5. The number of ether oxygens (including phenoxy) is 2. The van der Waals surface area contributed by atoms with Gasteiger partial charge in [0.25, 0.3) is 5.91 Å². The van der Waals surface area contributed by atoms with E-state index in [1.807, 2.05) is 5.38 Å². The van der Waals surface area contributed by atoms with Crippen LogP contribution < -0.4 is 14.8 Å². The van der Waals surface area contributed by atoms with Gasteiger partial charge < -0.3 is 14.8 Å².